The standard InChI is InChI=1S/C67H43NS/c1-2-19-45(20-3-1)48-21-4-5-22-49(48)50-23-6-7-24-51(50)56-28-11-16-34-63(56)68(64-35-18-30-58-57-29-12-17-36-65(57)69-66(58)64)47-40-37-44(38-41-47)46-39-42-55-54-27-10-15-33-61(54)67(62(55)43-46)59-31-13-8-25-52(59)53-26-9-14-32-60(53)67/h1-43H. The van der Waals surface area contributed by atoms with E-state index in [1.165, 1.54) is 109 Å². The number of hydrogen-bond donors (Lipinski definition) is 0. The third-order valence-electron chi connectivity index (χ3n) is 14.7. The average molecular weight is 894 g/mol. The van der Waals surface area contributed by atoms with E-state index >= 15 is 0 Å². The van der Waals surface area contributed by atoms with Crippen LogP contribution in [0.4, 0.5) is 17.1 Å². The molecular formula is C67H43NS. The minimum absolute atomic E-state index is 0.392. The largest absolute Gasteiger partial charge is 0.308 e. The highest BCUT2D eigenvalue weighted by Gasteiger charge is 2.51. The van der Waals surface area contributed by atoms with Gasteiger partial charge in [0, 0.05) is 26.7 Å². The van der Waals surface area contributed by atoms with Crippen molar-refractivity contribution in [2.75, 3.05) is 4.90 Å². The molecule has 0 amide bonds. The van der Waals surface area contributed by atoms with Crippen molar-refractivity contribution in [1.29, 1.82) is 0 Å². The van der Waals surface area contributed by atoms with Crippen molar-refractivity contribution in [2.45, 2.75) is 5.41 Å². The summed E-state index contributed by atoms with van der Waals surface area (Å²) in [6, 6.07) is 96.7. The van der Waals surface area contributed by atoms with Gasteiger partial charge in [-0.1, -0.05) is 224 Å². The summed E-state index contributed by atoms with van der Waals surface area (Å²) in [6.07, 6.45) is 0. The SMILES string of the molecule is c1ccc(-c2ccccc2-c2ccccc2-c2ccccc2N(c2ccc(-c3ccc4c(c3)C3(c5ccccc5-c5ccccc53)c3ccccc3-4)cc2)c2cccc3c2sc2ccccc23)cc1. The Hall–Kier alpha value is -8.56. The number of para-hydroxylation sites is 1. The highest BCUT2D eigenvalue weighted by atomic mass is 32.1. The zero-order chi connectivity index (χ0) is 45.5. The van der Waals surface area contributed by atoms with Gasteiger partial charge in [0.05, 0.1) is 21.5 Å². The van der Waals surface area contributed by atoms with E-state index in [9.17, 15) is 0 Å². The normalized spacial score (nSPS) is 12.8. The first-order valence-corrected chi connectivity index (χ1v) is 24.7. The van der Waals surface area contributed by atoms with Crippen LogP contribution in [0.1, 0.15) is 22.3 Å². The zero-order valence-electron chi connectivity index (χ0n) is 37.7. The van der Waals surface area contributed by atoms with E-state index in [4.69, 9.17) is 0 Å². The van der Waals surface area contributed by atoms with Crippen LogP contribution in [0.25, 0.3) is 86.9 Å². The van der Waals surface area contributed by atoms with E-state index in [2.05, 4.69) is 266 Å². The predicted octanol–water partition coefficient (Wildman–Crippen LogP) is 18.5. The summed E-state index contributed by atoms with van der Waals surface area (Å²) < 4.78 is 2.55. The molecule has 11 aromatic carbocycles. The zero-order valence-corrected chi connectivity index (χ0v) is 38.5. The molecule has 69 heavy (non-hydrogen) atoms. The lowest BCUT2D eigenvalue weighted by Gasteiger charge is -2.30. The third kappa shape index (κ3) is 5.96. The molecule has 1 spiro atoms. The molecule has 2 heteroatoms. The number of hydrogen-bond acceptors (Lipinski definition) is 2. The van der Waals surface area contributed by atoms with Gasteiger partial charge in [-0.3, -0.25) is 0 Å². The summed E-state index contributed by atoms with van der Waals surface area (Å²) in [5, 5.41) is 2.56. The molecule has 2 aliphatic rings. The molecule has 322 valence electrons. The predicted molar refractivity (Wildman–Crippen MR) is 292 cm³/mol. The summed E-state index contributed by atoms with van der Waals surface area (Å²) in [7, 11) is 0. The molecule has 0 unspecified atom stereocenters. The summed E-state index contributed by atoms with van der Waals surface area (Å²) in [6.45, 7) is 0. The van der Waals surface area contributed by atoms with Crippen LogP contribution in [0.2, 0.25) is 0 Å². The highest BCUT2D eigenvalue weighted by molar-refractivity contribution is 7.26. The summed E-state index contributed by atoms with van der Waals surface area (Å²) in [5.41, 5.74) is 23.3. The first kappa shape index (κ1) is 39.6. The maximum atomic E-state index is 2.50. The number of rotatable bonds is 7. The summed E-state index contributed by atoms with van der Waals surface area (Å²) in [5.74, 6) is 0. The fraction of sp³-hybridized carbons (Fsp3) is 0.0149. The minimum Gasteiger partial charge on any atom is -0.308 e. The second-order valence-corrected chi connectivity index (χ2v) is 19.3. The third-order valence-corrected chi connectivity index (χ3v) is 16.0. The van der Waals surface area contributed by atoms with Crippen molar-refractivity contribution < 1.29 is 0 Å². The second kappa shape index (κ2) is 15.8. The van der Waals surface area contributed by atoms with Crippen molar-refractivity contribution in [3.63, 3.8) is 0 Å². The van der Waals surface area contributed by atoms with Crippen LogP contribution in [-0.2, 0) is 5.41 Å². The van der Waals surface area contributed by atoms with E-state index in [1.54, 1.807) is 0 Å². The molecule has 0 radical (unpaired) electrons. The molecule has 1 heterocycles. The Bertz CT molecular complexity index is 3910. The number of nitrogens with zero attached hydrogens (tertiary/aromatic N) is 1. The van der Waals surface area contributed by atoms with Crippen LogP contribution in [0.3, 0.4) is 0 Å². The van der Waals surface area contributed by atoms with Crippen LogP contribution >= 0.6 is 11.3 Å². The van der Waals surface area contributed by atoms with Crippen LogP contribution in [0, 0.1) is 0 Å². The Morgan fingerprint density at radius 2 is 0.739 bits per heavy atom. The molecular weight excluding hydrogens is 851 g/mol. The van der Waals surface area contributed by atoms with E-state index in [1.807, 2.05) is 11.3 Å². The van der Waals surface area contributed by atoms with Crippen molar-refractivity contribution in [2.24, 2.45) is 0 Å². The number of benzene rings is 11. The van der Waals surface area contributed by atoms with Crippen LogP contribution in [-0.4, -0.2) is 0 Å². The maximum absolute atomic E-state index is 2.50. The first-order valence-electron chi connectivity index (χ1n) is 23.8. The molecule has 0 atom stereocenters. The fourth-order valence-corrected chi connectivity index (χ4v) is 13.0. The second-order valence-electron chi connectivity index (χ2n) is 18.3. The molecule has 14 rings (SSSR count). The monoisotopic (exact) mass is 893 g/mol. The van der Waals surface area contributed by atoms with Crippen LogP contribution in [0.5, 0.6) is 0 Å². The Balaban J connectivity index is 0.944. The summed E-state index contributed by atoms with van der Waals surface area (Å²) in [4.78, 5) is 2.50. The van der Waals surface area contributed by atoms with Gasteiger partial charge in [0.1, 0.15) is 0 Å². The maximum Gasteiger partial charge on any atom is 0.0725 e. The molecule has 1 aromatic heterocycles. The van der Waals surface area contributed by atoms with Crippen LogP contribution in [0.15, 0.2) is 261 Å². The highest BCUT2D eigenvalue weighted by Crippen LogP contribution is 2.63. The number of fused-ring (bicyclic) bond motifs is 13. The van der Waals surface area contributed by atoms with Gasteiger partial charge < -0.3 is 4.90 Å². The number of anilines is 3. The topological polar surface area (TPSA) is 3.24 Å². The van der Waals surface area contributed by atoms with E-state index in [0.717, 1.165) is 17.1 Å². The van der Waals surface area contributed by atoms with Gasteiger partial charge in [-0.05, 0) is 120 Å². The van der Waals surface area contributed by atoms with Gasteiger partial charge in [-0.15, -0.1) is 11.3 Å². The number of thiophene rings is 1. The van der Waals surface area contributed by atoms with Gasteiger partial charge in [0.25, 0.3) is 0 Å². The Kier molecular flexibility index (Phi) is 9.05. The average Bonchev–Trinajstić information content (AvgIpc) is 4.06. The molecule has 1 nitrogen and oxygen atoms in total. The van der Waals surface area contributed by atoms with Crippen molar-refractivity contribution in [1.82, 2.24) is 0 Å². The lowest BCUT2D eigenvalue weighted by Crippen LogP contribution is -2.25. The fourth-order valence-electron chi connectivity index (χ4n) is 11.8. The van der Waals surface area contributed by atoms with Crippen molar-refractivity contribution in [3.05, 3.63) is 283 Å². The Morgan fingerprint density at radius 3 is 1.41 bits per heavy atom. The van der Waals surface area contributed by atoms with Crippen molar-refractivity contribution in [3.8, 4) is 66.8 Å². The molecule has 0 aliphatic heterocycles. The summed E-state index contributed by atoms with van der Waals surface area (Å²) >= 11 is 1.87. The van der Waals surface area contributed by atoms with E-state index in [0.29, 0.717) is 0 Å². The van der Waals surface area contributed by atoms with E-state index < -0.39 is 5.41 Å². The van der Waals surface area contributed by atoms with Gasteiger partial charge in [0.2, 0.25) is 0 Å². The molecule has 2 aliphatic carbocycles. The molecule has 0 saturated carbocycles. The molecule has 0 saturated heterocycles. The Labute approximate surface area is 406 Å². The minimum atomic E-state index is -0.392. The van der Waals surface area contributed by atoms with Gasteiger partial charge in [-0.25, -0.2) is 0 Å². The van der Waals surface area contributed by atoms with Gasteiger partial charge >= 0.3 is 0 Å². The molecule has 12 aromatic rings. The smallest absolute Gasteiger partial charge is 0.0725 e. The van der Waals surface area contributed by atoms with Gasteiger partial charge in [-0.2, -0.15) is 0 Å². The quantitative estimate of drug-likeness (QED) is 0.154. The molecule has 0 fully saturated rings. The molecule has 0 N–H and O–H groups in total. The Morgan fingerprint density at radius 1 is 0.275 bits per heavy atom. The molecule has 0 bridgehead atoms. The van der Waals surface area contributed by atoms with Crippen molar-refractivity contribution >= 4 is 48.6 Å². The van der Waals surface area contributed by atoms with Crippen LogP contribution < -0.4 is 4.90 Å². The lowest BCUT2D eigenvalue weighted by atomic mass is 9.70. The van der Waals surface area contributed by atoms with Gasteiger partial charge in [0.15, 0.2) is 0 Å². The first-order chi connectivity index (χ1) is 34.3. The lowest BCUT2D eigenvalue weighted by molar-refractivity contribution is 0.794. The van der Waals surface area contributed by atoms with E-state index in [-0.39, 0.29) is 0 Å².